The average Bonchev–Trinajstić information content (AvgIpc) is 2.97. The van der Waals surface area contributed by atoms with Crippen molar-refractivity contribution in [3.05, 3.63) is 11.1 Å². The van der Waals surface area contributed by atoms with E-state index < -0.39 is 0 Å². The zero-order valence-corrected chi connectivity index (χ0v) is 11.6. The maximum absolute atomic E-state index is 11.3. The molecule has 1 fully saturated rings. The van der Waals surface area contributed by atoms with Crippen LogP contribution in [0.3, 0.4) is 0 Å². The van der Waals surface area contributed by atoms with Gasteiger partial charge in [0.25, 0.3) is 0 Å². The van der Waals surface area contributed by atoms with E-state index in [1.807, 2.05) is 11.8 Å². The molecule has 1 aromatic heterocycles. The lowest BCUT2D eigenvalue weighted by Gasteiger charge is -2.10. The van der Waals surface area contributed by atoms with Gasteiger partial charge in [-0.25, -0.2) is 9.78 Å². The number of anilines is 1. The lowest BCUT2D eigenvalue weighted by molar-refractivity contribution is 0.0606. The molecule has 1 aliphatic carbocycles. The van der Waals surface area contributed by atoms with Crippen LogP contribution >= 0.6 is 23.1 Å². The number of carbonyl (C=O) groups is 1. The minimum atomic E-state index is -0.316. The summed E-state index contributed by atoms with van der Waals surface area (Å²) in [5, 5.41) is 4.96. The molecule has 0 saturated heterocycles. The Morgan fingerprint density at radius 1 is 1.65 bits per heavy atom. The van der Waals surface area contributed by atoms with Gasteiger partial charge in [-0.3, -0.25) is 0 Å². The first kappa shape index (κ1) is 12.7. The van der Waals surface area contributed by atoms with Gasteiger partial charge in [0.15, 0.2) is 5.13 Å². The van der Waals surface area contributed by atoms with Crippen molar-refractivity contribution < 1.29 is 9.53 Å². The van der Waals surface area contributed by atoms with Crippen LogP contribution in [0.4, 0.5) is 5.13 Å². The monoisotopic (exact) mass is 272 g/mol. The molecule has 0 spiro atoms. The van der Waals surface area contributed by atoms with Crippen molar-refractivity contribution in [3.63, 3.8) is 0 Å². The van der Waals surface area contributed by atoms with Gasteiger partial charge in [-0.1, -0.05) is 11.3 Å². The highest BCUT2D eigenvalue weighted by molar-refractivity contribution is 7.99. The summed E-state index contributed by atoms with van der Waals surface area (Å²) in [6.07, 6.45) is 7.34. The van der Waals surface area contributed by atoms with Crippen LogP contribution in [0.1, 0.15) is 28.9 Å². The van der Waals surface area contributed by atoms with Gasteiger partial charge < -0.3 is 10.1 Å². The second-order valence-electron chi connectivity index (χ2n) is 4.03. The molecule has 0 aromatic carbocycles. The van der Waals surface area contributed by atoms with Gasteiger partial charge in [-0.15, -0.1) is 0 Å². The molecular weight excluding hydrogens is 256 g/mol. The van der Waals surface area contributed by atoms with Crippen LogP contribution in [0.25, 0.3) is 0 Å². The van der Waals surface area contributed by atoms with Crippen molar-refractivity contribution in [2.45, 2.75) is 30.6 Å². The van der Waals surface area contributed by atoms with E-state index >= 15 is 0 Å². The third-order valence-corrected chi connectivity index (χ3v) is 4.94. The summed E-state index contributed by atoms with van der Waals surface area (Å²) in [6, 6.07) is 0.490. The molecule has 94 valence electrons. The summed E-state index contributed by atoms with van der Waals surface area (Å²) < 4.78 is 4.65. The third-order valence-electron chi connectivity index (χ3n) is 2.94. The molecule has 17 heavy (non-hydrogen) atoms. The third kappa shape index (κ3) is 3.13. The molecule has 0 aliphatic heterocycles. The summed E-state index contributed by atoms with van der Waals surface area (Å²) >= 11 is 3.29. The second-order valence-corrected chi connectivity index (χ2v) is 6.20. The molecule has 1 aliphatic rings. The predicted molar refractivity (Wildman–Crippen MR) is 72.0 cm³/mol. The van der Waals surface area contributed by atoms with Gasteiger partial charge in [-0.05, 0) is 25.5 Å². The Bertz CT molecular complexity index is 395. The number of rotatable bonds is 4. The smallest absolute Gasteiger partial charge is 0.349 e. The van der Waals surface area contributed by atoms with E-state index in [4.69, 9.17) is 0 Å². The molecule has 1 heterocycles. The molecule has 0 bridgehead atoms. The molecule has 2 rings (SSSR count). The molecular formula is C11H16N2O2S2. The first-order valence-electron chi connectivity index (χ1n) is 5.56. The summed E-state index contributed by atoms with van der Waals surface area (Å²) in [5.74, 6) is -0.316. The largest absolute Gasteiger partial charge is 0.465 e. The summed E-state index contributed by atoms with van der Waals surface area (Å²) in [4.78, 5) is 16.0. The predicted octanol–water partition coefficient (Wildman–Crippen LogP) is 2.63. The number of ether oxygens (including phenoxy) is 1. The van der Waals surface area contributed by atoms with Crippen molar-refractivity contribution >= 4 is 34.2 Å². The van der Waals surface area contributed by atoms with E-state index in [1.165, 1.54) is 37.7 Å². The van der Waals surface area contributed by atoms with Crippen molar-refractivity contribution in [1.29, 1.82) is 0 Å². The first-order chi connectivity index (χ1) is 8.22. The van der Waals surface area contributed by atoms with Gasteiger partial charge in [0.05, 0.1) is 13.3 Å². The van der Waals surface area contributed by atoms with Crippen LogP contribution < -0.4 is 5.32 Å². The fourth-order valence-corrected chi connectivity index (χ4v) is 3.60. The maximum atomic E-state index is 11.3. The first-order valence-corrected chi connectivity index (χ1v) is 7.67. The number of hydrogen-bond donors (Lipinski definition) is 1. The van der Waals surface area contributed by atoms with Gasteiger partial charge >= 0.3 is 5.97 Å². The van der Waals surface area contributed by atoms with Crippen molar-refractivity contribution in [1.82, 2.24) is 4.98 Å². The number of carbonyl (C=O) groups excluding carboxylic acids is 1. The number of aromatic nitrogens is 1. The quantitative estimate of drug-likeness (QED) is 0.854. The van der Waals surface area contributed by atoms with Gasteiger partial charge in [0.1, 0.15) is 4.88 Å². The molecule has 1 N–H and O–H groups in total. The van der Waals surface area contributed by atoms with E-state index in [0.29, 0.717) is 10.9 Å². The fourth-order valence-electron chi connectivity index (χ4n) is 2.00. The molecule has 2 unspecified atom stereocenters. The SMILES string of the molecule is COC(=O)c1cnc(NC2CCC(SC)C2)s1. The zero-order chi connectivity index (χ0) is 12.3. The van der Waals surface area contributed by atoms with E-state index in [0.717, 1.165) is 10.4 Å². The Labute approximate surface area is 109 Å². The topological polar surface area (TPSA) is 51.2 Å². The number of thiazole rings is 1. The number of methoxy groups -OCH3 is 1. The minimum Gasteiger partial charge on any atom is -0.465 e. The van der Waals surface area contributed by atoms with Crippen LogP contribution in [0.5, 0.6) is 0 Å². The fraction of sp³-hybridized carbons (Fsp3) is 0.636. The number of hydrogen-bond acceptors (Lipinski definition) is 6. The van der Waals surface area contributed by atoms with Gasteiger partial charge in [-0.2, -0.15) is 11.8 Å². The normalized spacial score (nSPS) is 23.6. The molecule has 0 radical (unpaired) electrons. The average molecular weight is 272 g/mol. The second kappa shape index (κ2) is 5.73. The Hall–Kier alpha value is -0.750. The van der Waals surface area contributed by atoms with Crippen LogP contribution in [-0.4, -0.2) is 35.6 Å². The number of esters is 1. The summed E-state index contributed by atoms with van der Waals surface area (Å²) in [6.45, 7) is 0. The number of nitrogens with zero attached hydrogens (tertiary/aromatic N) is 1. The van der Waals surface area contributed by atoms with Crippen molar-refractivity contribution in [2.24, 2.45) is 0 Å². The van der Waals surface area contributed by atoms with Gasteiger partial charge in [0.2, 0.25) is 0 Å². The molecule has 1 saturated carbocycles. The lowest BCUT2D eigenvalue weighted by Crippen LogP contribution is -2.15. The lowest BCUT2D eigenvalue weighted by atomic mass is 10.3. The Morgan fingerprint density at radius 3 is 3.12 bits per heavy atom. The Morgan fingerprint density at radius 2 is 2.47 bits per heavy atom. The summed E-state index contributed by atoms with van der Waals surface area (Å²) in [7, 11) is 1.38. The zero-order valence-electron chi connectivity index (χ0n) is 9.93. The van der Waals surface area contributed by atoms with Crippen LogP contribution in [0, 0.1) is 0 Å². The highest BCUT2D eigenvalue weighted by atomic mass is 32.2. The number of nitrogens with one attached hydrogen (secondary N) is 1. The highest BCUT2D eigenvalue weighted by Gasteiger charge is 2.24. The van der Waals surface area contributed by atoms with E-state index in [-0.39, 0.29) is 5.97 Å². The van der Waals surface area contributed by atoms with Crippen LogP contribution in [0.15, 0.2) is 6.20 Å². The highest BCUT2D eigenvalue weighted by Crippen LogP contribution is 2.31. The van der Waals surface area contributed by atoms with E-state index in [9.17, 15) is 4.79 Å². The molecule has 2 atom stereocenters. The van der Waals surface area contributed by atoms with Crippen LogP contribution in [-0.2, 0) is 4.74 Å². The summed E-state index contributed by atoms with van der Waals surface area (Å²) in [5.41, 5.74) is 0. The molecule has 4 nitrogen and oxygen atoms in total. The number of thioether (sulfide) groups is 1. The maximum Gasteiger partial charge on any atom is 0.349 e. The standard InChI is InChI=1S/C11H16N2O2S2/c1-15-10(14)9-6-12-11(17-9)13-7-3-4-8(5-7)16-2/h6-8H,3-5H2,1-2H3,(H,12,13). The van der Waals surface area contributed by atoms with Gasteiger partial charge in [0, 0.05) is 11.3 Å². The van der Waals surface area contributed by atoms with E-state index in [1.54, 1.807) is 6.20 Å². The van der Waals surface area contributed by atoms with Crippen molar-refractivity contribution in [3.8, 4) is 0 Å². The molecule has 6 heteroatoms. The Balaban J connectivity index is 1.91. The van der Waals surface area contributed by atoms with Crippen LogP contribution in [0.2, 0.25) is 0 Å². The molecule has 0 amide bonds. The minimum absolute atomic E-state index is 0.316. The van der Waals surface area contributed by atoms with E-state index in [2.05, 4.69) is 21.3 Å². The Kier molecular flexibility index (Phi) is 4.28. The van der Waals surface area contributed by atoms with Crippen molar-refractivity contribution in [2.75, 3.05) is 18.7 Å². The molecule has 1 aromatic rings.